The van der Waals surface area contributed by atoms with Gasteiger partial charge in [0.05, 0.1) is 6.10 Å². The van der Waals surface area contributed by atoms with Gasteiger partial charge in [-0.15, -0.1) is 0 Å². The Labute approximate surface area is 106 Å². The minimum atomic E-state index is 0.0424. The van der Waals surface area contributed by atoms with Gasteiger partial charge in [-0.1, -0.05) is 46.3 Å². The van der Waals surface area contributed by atoms with Crippen molar-refractivity contribution >= 4 is 15.9 Å². The lowest BCUT2D eigenvalue weighted by molar-refractivity contribution is -0.0169. The molecule has 1 aliphatic rings. The summed E-state index contributed by atoms with van der Waals surface area (Å²) >= 11 is 3.46. The smallest absolute Gasteiger partial charge is 0.0744 e. The summed E-state index contributed by atoms with van der Waals surface area (Å²) in [5.74, 6) is 0. The first-order valence-electron chi connectivity index (χ1n) is 5.70. The quantitative estimate of drug-likeness (QED) is 0.812. The number of hydrogen-bond acceptors (Lipinski definition) is 1. The predicted molar refractivity (Wildman–Crippen MR) is 70.8 cm³/mol. The molecule has 1 saturated carbocycles. The zero-order chi connectivity index (χ0) is 11.6. The van der Waals surface area contributed by atoms with Gasteiger partial charge in [0, 0.05) is 12.0 Å². The molecule has 0 aliphatic heterocycles. The molecule has 1 aromatic rings. The normalized spacial score (nSPS) is 31.4. The Kier molecular flexibility index (Phi) is 3.50. The highest BCUT2D eigenvalue weighted by Gasteiger charge is 2.48. The van der Waals surface area contributed by atoms with E-state index in [1.54, 1.807) is 0 Å². The summed E-state index contributed by atoms with van der Waals surface area (Å²) in [4.78, 5) is 2.05. The Morgan fingerprint density at radius 1 is 1.44 bits per heavy atom. The van der Waals surface area contributed by atoms with Crippen molar-refractivity contribution in [1.29, 1.82) is 0 Å². The van der Waals surface area contributed by atoms with Crippen molar-refractivity contribution in [3.05, 3.63) is 46.5 Å². The minimum Gasteiger partial charge on any atom is -0.377 e. The van der Waals surface area contributed by atoms with Crippen LogP contribution in [0.25, 0.3) is 0 Å². The molecule has 0 aromatic heterocycles. The molecule has 1 aromatic carbocycles. The van der Waals surface area contributed by atoms with Crippen LogP contribution in [0.3, 0.4) is 0 Å². The fraction of sp³-hybridized carbons (Fsp3) is 0.429. The zero-order valence-electron chi connectivity index (χ0n) is 9.74. The van der Waals surface area contributed by atoms with Crippen LogP contribution in [0.15, 0.2) is 40.9 Å². The third kappa shape index (κ3) is 1.74. The molecule has 2 heteroatoms. The molecule has 0 bridgehead atoms. The highest BCUT2D eigenvalue weighted by molar-refractivity contribution is 9.11. The van der Waals surface area contributed by atoms with E-state index in [4.69, 9.17) is 4.74 Å². The minimum absolute atomic E-state index is 0.0424. The third-order valence-electron chi connectivity index (χ3n) is 3.59. The van der Waals surface area contributed by atoms with E-state index < -0.39 is 0 Å². The molecule has 0 heterocycles. The number of rotatable bonds is 3. The van der Waals surface area contributed by atoms with Crippen molar-refractivity contribution in [2.24, 2.45) is 0 Å². The lowest BCUT2D eigenvalue weighted by atomic mass is 9.60. The maximum absolute atomic E-state index is 5.82. The monoisotopic (exact) mass is 280 g/mol. The van der Waals surface area contributed by atoms with Gasteiger partial charge in [-0.05, 0) is 36.4 Å². The van der Waals surface area contributed by atoms with E-state index in [2.05, 4.69) is 65.1 Å². The van der Waals surface area contributed by atoms with Crippen molar-refractivity contribution in [2.75, 3.05) is 6.61 Å². The Balaban J connectivity index is 2.33. The Morgan fingerprint density at radius 2 is 2.12 bits per heavy atom. The lowest BCUT2D eigenvalue weighted by Crippen LogP contribution is -2.50. The average Bonchev–Trinajstić information content (AvgIpc) is 2.34. The second-order valence-electron chi connectivity index (χ2n) is 4.35. The van der Waals surface area contributed by atoms with Crippen LogP contribution < -0.4 is 0 Å². The Morgan fingerprint density at radius 3 is 2.69 bits per heavy atom. The summed E-state index contributed by atoms with van der Waals surface area (Å²) in [5, 5.41) is 0. The summed E-state index contributed by atoms with van der Waals surface area (Å²) in [6.45, 7) is 5.10. The van der Waals surface area contributed by atoms with Crippen LogP contribution in [0.4, 0.5) is 0 Å². The fourth-order valence-electron chi connectivity index (χ4n) is 2.43. The number of benzene rings is 1. The molecule has 86 valence electrons. The van der Waals surface area contributed by atoms with E-state index in [0.29, 0.717) is 6.10 Å². The second kappa shape index (κ2) is 4.72. The third-order valence-corrected chi connectivity index (χ3v) is 4.14. The van der Waals surface area contributed by atoms with Gasteiger partial charge < -0.3 is 4.74 Å². The number of ether oxygens (including phenoxy) is 1. The molecular formula is C14H17BrO. The lowest BCUT2D eigenvalue weighted by Gasteiger charge is -2.49. The molecule has 16 heavy (non-hydrogen) atoms. The molecule has 0 unspecified atom stereocenters. The fourth-order valence-corrected chi connectivity index (χ4v) is 3.09. The largest absolute Gasteiger partial charge is 0.377 e. The van der Waals surface area contributed by atoms with Crippen molar-refractivity contribution < 1.29 is 4.74 Å². The van der Waals surface area contributed by atoms with Crippen LogP contribution in [-0.4, -0.2) is 12.7 Å². The first kappa shape index (κ1) is 11.9. The summed E-state index contributed by atoms with van der Waals surface area (Å²) in [7, 11) is 0. The Bertz CT molecular complexity index is 385. The summed E-state index contributed by atoms with van der Waals surface area (Å²) in [6, 6.07) is 10.6. The van der Waals surface area contributed by atoms with Gasteiger partial charge in [0.2, 0.25) is 0 Å². The average molecular weight is 281 g/mol. The highest BCUT2D eigenvalue weighted by atomic mass is 79.9. The van der Waals surface area contributed by atoms with Crippen LogP contribution in [0, 0.1) is 0 Å². The molecule has 0 amide bonds. The highest BCUT2D eigenvalue weighted by Crippen LogP contribution is 2.50. The Hall–Kier alpha value is -0.600. The van der Waals surface area contributed by atoms with Gasteiger partial charge in [0.15, 0.2) is 0 Å². The van der Waals surface area contributed by atoms with Crippen LogP contribution in [0.2, 0.25) is 0 Å². The van der Waals surface area contributed by atoms with Gasteiger partial charge >= 0.3 is 0 Å². The van der Waals surface area contributed by atoms with Crippen molar-refractivity contribution in [2.45, 2.75) is 31.8 Å². The number of halogens is 1. The summed E-state index contributed by atoms with van der Waals surface area (Å²) in [5.41, 5.74) is 2.79. The van der Waals surface area contributed by atoms with Crippen LogP contribution in [0.5, 0.6) is 0 Å². The maximum Gasteiger partial charge on any atom is 0.0744 e. The molecule has 1 nitrogen and oxygen atoms in total. The molecule has 0 radical (unpaired) electrons. The van der Waals surface area contributed by atoms with Crippen molar-refractivity contribution in [3.8, 4) is 0 Å². The first-order valence-corrected chi connectivity index (χ1v) is 6.62. The van der Waals surface area contributed by atoms with E-state index >= 15 is 0 Å². The van der Waals surface area contributed by atoms with Gasteiger partial charge in [0.25, 0.3) is 0 Å². The van der Waals surface area contributed by atoms with E-state index in [9.17, 15) is 0 Å². The van der Waals surface area contributed by atoms with Gasteiger partial charge in [-0.3, -0.25) is 0 Å². The summed E-state index contributed by atoms with van der Waals surface area (Å²) < 4.78 is 5.82. The van der Waals surface area contributed by atoms with Crippen molar-refractivity contribution in [1.82, 2.24) is 0 Å². The molecule has 0 saturated heterocycles. The molecule has 1 fully saturated rings. The van der Waals surface area contributed by atoms with E-state index in [0.717, 1.165) is 13.0 Å². The van der Waals surface area contributed by atoms with E-state index in [1.165, 1.54) is 11.1 Å². The molecule has 2 rings (SSSR count). The van der Waals surface area contributed by atoms with Crippen molar-refractivity contribution in [3.63, 3.8) is 0 Å². The zero-order valence-corrected chi connectivity index (χ0v) is 11.3. The molecular weight excluding hydrogens is 264 g/mol. The SMILES string of the molecule is CCO[C@H]1C/C(=C\Br)[C@]1(C)c1ccccc1. The van der Waals surface area contributed by atoms with Gasteiger partial charge in [-0.25, -0.2) is 0 Å². The molecule has 0 N–H and O–H groups in total. The van der Waals surface area contributed by atoms with E-state index in [-0.39, 0.29) is 5.41 Å². The predicted octanol–water partition coefficient (Wildman–Crippen LogP) is 4.03. The van der Waals surface area contributed by atoms with Crippen LogP contribution >= 0.6 is 15.9 Å². The standard InChI is InChI=1S/C14H17BrO/c1-3-16-13-9-12(10-15)14(13,2)11-7-5-4-6-8-11/h4-8,10,13H,3,9H2,1-2H3/b12-10+/t13-,14-/m0/s1. The molecule has 0 spiro atoms. The number of hydrogen-bond donors (Lipinski definition) is 0. The topological polar surface area (TPSA) is 9.23 Å². The molecule has 2 atom stereocenters. The van der Waals surface area contributed by atoms with Gasteiger partial charge in [0.1, 0.15) is 0 Å². The van der Waals surface area contributed by atoms with Crippen LogP contribution in [0.1, 0.15) is 25.8 Å². The second-order valence-corrected chi connectivity index (χ2v) is 4.81. The maximum atomic E-state index is 5.82. The summed E-state index contributed by atoms with van der Waals surface area (Å²) in [6.07, 6.45) is 1.34. The van der Waals surface area contributed by atoms with Gasteiger partial charge in [-0.2, -0.15) is 0 Å². The first-order chi connectivity index (χ1) is 7.73. The molecule has 1 aliphatic carbocycles. The van der Waals surface area contributed by atoms with E-state index in [1.807, 2.05) is 0 Å². The van der Waals surface area contributed by atoms with Crippen LogP contribution in [-0.2, 0) is 10.2 Å².